The molecule has 3 nitrogen and oxygen atoms in total. The van der Waals surface area contributed by atoms with Crippen molar-refractivity contribution in [2.24, 2.45) is 0 Å². The molecule has 0 spiro atoms. The lowest BCUT2D eigenvalue weighted by molar-refractivity contribution is 0.464. The van der Waals surface area contributed by atoms with Crippen molar-refractivity contribution in [1.82, 2.24) is 0 Å². The van der Waals surface area contributed by atoms with Crippen LogP contribution in [0.25, 0.3) is 0 Å². The minimum absolute atomic E-state index is 0.312. The van der Waals surface area contributed by atoms with Crippen LogP contribution in [0.3, 0.4) is 0 Å². The van der Waals surface area contributed by atoms with E-state index in [2.05, 4.69) is 149 Å². The summed E-state index contributed by atoms with van der Waals surface area (Å²) in [5.74, 6) is -0.312. The second kappa shape index (κ2) is 16.9. The Kier molecular flexibility index (Phi) is 14.0. The first-order valence-corrected chi connectivity index (χ1v) is 17.3. The van der Waals surface area contributed by atoms with Crippen LogP contribution in [0.4, 0.5) is 0 Å². The average Bonchev–Trinajstić information content (AvgIpc) is 2.95. The molecule has 0 unspecified atom stereocenters. The largest absolute Gasteiger partial charge is 0.748 e. The normalized spacial score (nSPS) is 12.6. The second-order valence-corrected chi connectivity index (χ2v) is 15.2. The molecule has 0 N–H and O–H groups in total. The van der Waals surface area contributed by atoms with Crippen molar-refractivity contribution in [1.29, 1.82) is 0 Å². The second-order valence-electron chi connectivity index (χ2n) is 9.99. The minimum atomic E-state index is -3.91. The molecule has 0 heterocycles. The van der Waals surface area contributed by atoms with Crippen molar-refractivity contribution >= 4 is 33.3 Å². The van der Waals surface area contributed by atoms with E-state index in [1.54, 1.807) is 0 Å². The van der Waals surface area contributed by atoms with E-state index in [-0.39, 0.29) is 5.75 Å². The topological polar surface area (TPSA) is 57.2 Å². The van der Waals surface area contributed by atoms with E-state index in [9.17, 15) is 13.0 Å². The Morgan fingerprint density at radius 1 is 0.750 bits per heavy atom. The molecule has 0 amide bonds. The molecular formula is C35H43O3PS. The Bertz CT molecular complexity index is 1290. The zero-order valence-electron chi connectivity index (χ0n) is 24.5. The van der Waals surface area contributed by atoms with Crippen LogP contribution >= 0.6 is 7.26 Å². The van der Waals surface area contributed by atoms with Gasteiger partial charge >= 0.3 is 0 Å². The average molecular weight is 575 g/mol. The van der Waals surface area contributed by atoms with Crippen LogP contribution in [0.15, 0.2) is 138 Å². The van der Waals surface area contributed by atoms with Gasteiger partial charge in [0.15, 0.2) is 0 Å². The van der Waals surface area contributed by atoms with E-state index >= 15 is 0 Å². The van der Waals surface area contributed by atoms with Crippen molar-refractivity contribution in [2.75, 3.05) is 11.9 Å². The molecule has 0 saturated carbocycles. The molecule has 0 fully saturated rings. The molecule has 212 valence electrons. The van der Waals surface area contributed by atoms with Crippen LogP contribution < -0.4 is 15.9 Å². The van der Waals surface area contributed by atoms with Gasteiger partial charge in [-0.1, -0.05) is 103 Å². The van der Waals surface area contributed by atoms with Crippen LogP contribution in [0.5, 0.6) is 0 Å². The first-order valence-electron chi connectivity index (χ1n) is 13.7. The summed E-state index contributed by atoms with van der Waals surface area (Å²) in [6, 6.07) is 33.3. The van der Waals surface area contributed by atoms with Gasteiger partial charge in [-0.2, -0.15) is 0 Å². The summed E-state index contributed by atoms with van der Waals surface area (Å²) in [6.45, 7) is 10.1. The van der Waals surface area contributed by atoms with Crippen molar-refractivity contribution in [3.05, 3.63) is 138 Å². The van der Waals surface area contributed by atoms with Crippen LogP contribution in [0, 0.1) is 0 Å². The third-order valence-corrected chi connectivity index (χ3v) is 11.4. The third-order valence-electron chi connectivity index (χ3n) is 6.46. The molecule has 40 heavy (non-hydrogen) atoms. The Hall–Kier alpha value is -3.04. The Balaban J connectivity index is 0.000000840. The monoisotopic (exact) mass is 574 g/mol. The van der Waals surface area contributed by atoms with Crippen LogP contribution in [0.2, 0.25) is 0 Å². The van der Waals surface area contributed by atoms with E-state index in [1.807, 2.05) is 0 Å². The predicted octanol–water partition coefficient (Wildman–Crippen LogP) is 7.73. The highest BCUT2D eigenvalue weighted by molar-refractivity contribution is 7.95. The molecule has 0 aliphatic carbocycles. The van der Waals surface area contributed by atoms with Crippen molar-refractivity contribution < 1.29 is 13.0 Å². The number of hydrogen-bond donors (Lipinski definition) is 0. The predicted molar refractivity (Wildman–Crippen MR) is 176 cm³/mol. The molecule has 3 rings (SSSR count). The Morgan fingerprint density at radius 2 is 1.18 bits per heavy atom. The number of benzene rings is 3. The molecular weight excluding hydrogens is 531 g/mol. The molecule has 5 heteroatoms. The van der Waals surface area contributed by atoms with Gasteiger partial charge in [0.2, 0.25) is 0 Å². The highest BCUT2D eigenvalue weighted by Crippen LogP contribution is 2.55. The fourth-order valence-corrected chi connectivity index (χ4v) is 8.33. The van der Waals surface area contributed by atoms with Crippen molar-refractivity contribution in [3.8, 4) is 0 Å². The third kappa shape index (κ3) is 11.2. The number of hydrogen-bond acceptors (Lipinski definition) is 3. The van der Waals surface area contributed by atoms with E-state index in [0.29, 0.717) is 0 Å². The molecule has 0 aromatic heterocycles. The fourth-order valence-electron chi connectivity index (χ4n) is 4.20. The van der Waals surface area contributed by atoms with Crippen LogP contribution in [0.1, 0.15) is 47.5 Å². The van der Waals surface area contributed by atoms with Crippen molar-refractivity contribution in [3.63, 3.8) is 0 Å². The summed E-state index contributed by atoms with van der Waals surface area (Å²) in [4.78, 5) is 0. The van der Waals surface area contributed by atoms with Gasteiger partial charge in [0, 0.05) is 5.75 Å². The fraction of sp³-hybridized carbons (Fsp3) is 0.257. The maximum absolute atomic E-state index is 9.44. The smallest absolute Gasteiger partial charge is 0.115 e. The minimum Gasteiger partial charge on any atom is -0.748 e. The molecule has 0 saturated heterocycles. The summed E-state index contributed by atoms with van der Waals surface area (Å²) in [5.41, 5.74) is 4.12. The molecule has 0 aliphatic rings. The van der Waals surface area contributed by atoms with Gasteiger partial charge in [0.1, 0.15) is 23.2 Å². The summed E-state index contributed by atoms with van der Waals surface area (Å²) < 4.78 is 28.3. The van der Waals surface area contributed by atoms with Crippen LogP contribution in [-0.2, 0) is 10.1 Å². The van der Waals surface area contributed by atoms with Gasteiger partial charge in [0.25, 0.3) is 0 Å². The SMILES string of the molecule is CC(C)=CCC/C(C)=C/C=C/C(C)=C/C[P+](c1ccccc1)(c1ccccc1)c1ccccc1.CCS(=O)(=O)[O-]. The van der Waals surface area contributed by atoms with E-state index in [1.165, 1.54) is 39.6 Å². The molecule has 0 aliphatic heterocycles. The van der Waals surface area contributed by atoms with Crippen LogP contribution in [-0.4, -0.2) is 24.9 Å². The van der Waals surface area contributed by atoms with Gasteiger partial charge in [0.05, 0.1) is 16.3 Å². The van der Waals surface area contributed by atoms with Crippen molar-refractivity contribution in [2.45, 2.75) is 47.5 Å². The lowest BCUT2D eigenvalue weighted by atomic mass is 10.1. The molecule has 0 atom stereocenters. The lowest BCUT2D eigenvalue weighted by Gasteiger charge is -2.26. The molecule has 0 bridgehead atoms. The Labute approximate surface area is 243 Å². The summed E-state index contributed by atoms with van der Waals surface area (Å²) >= 11 is 0. The van der Waals surface area contributed by atoms with Gasteiger partial charge < -0.3 is 4.55 Å². The maximum Gasteiger partial charge on any atom is 0.115 e. The zero-order valence-corrected chi connectivity index (χ0v) is 26.2. The summed E-state index contributed by atoms with van der Waals surface area (Å²) in [5, 5.41) is 4.28. The highest BCUT2D eigenvalue weighted by Gasteiger charge is 2.44. The molecule has 0 radical (unpaired) electrons. The van der Waals surface area contributed by atoms with Gasteiger partial charge in [-0.25, -0.2) is 8.42 Å². The van der Waals surface area contributed by atoms with E-state index in [4.69, 9.17) is 0 Å². The van der Waals surface area contributed by atoms with Gasteiger partial charge in [-0.3, -0.25) is 0 Å². The van der Waals surface area contributed by atoms with Gasteiger partial charge in [-0.05, 0) is 83.0 Å². The first kappa shape index (κ1) is 33.2. The maximum atomic E-state index is 9.44. The lowest BCUT2D eigenvalue weighted by Crippen LogP contribution is -2.33. The number of allylic oxidation sites excluding steroid dienone is 8. The van der Waals surface area contributed by atoms with Gasteiger partial charge in [-0.15, -0.1) is 0 Å². The van der Waals surface area contributed by atoms with E-state index < -0.39 is 17.4 Å². The standard InChI is InChI=1S/C33H38P.C2H6O3S/c1-28(2)16-14-17-29(3)18-15-19-30(4)26-27-34(31-20-8-5-9-21-31,32-22-10-6-11-23-32)33-24-12-7-13-25-33;1-2-6(3,4)5/h5-13,15-16,18-26H,14,17,27H2,1-4H3;2H2,1H3,(H,3,4,5)/q+1;/p-1/b19-15+,29-18+,30-26+;. The summed E-state index contributed by atoms with van der Waals surface area (Å²) in [6.07, 6.45) is 14.7. The summed E-state index contributed by atoms with van der Waals surface area (Å²) in [7, 11) is -5.73. The zero-order chi connectivity index (χ0) is 29.4. The Morgan fingerprint density at radius 3 is 1.55 bits per heavy atom. The molecule has 3 aromatic carbocycles. The molecule has 3 aromatic rings. The highest BCUT2D eigenvalue weighted by atomic mass is 32.2. The number of rotatable bonds is 11. The quantitative estimate of drug-likeness (QED) is 0.102. The van der Waals surface area contributed by atoms with E-state index in [0.717, 1.165) is 19.0 Å². The first-order chi connectivity index (χ1) is 19.1.